The molecule has 0 spiro atoms. The first-order valence-corrected chi connectivity index (χ1v) is 2.62. The highest BCUT2D eigenvalue weighted by atomic mass is 16.3. The largest absolute Gasteiger partial charge is 0.378 e. The predicted molar refractivity (Wildman–Crippen MR) is 33.2 cm³/mol. The van der Waals surface area contributed by atoms with Gasteiger partial charge in [-0.15, -0.1) is 0 Å². The van der Waals surface area contributed by atoms with Gasteiger partial charge in [0, 0.05) is 12.3 Å². The van der Waals surface area contributed by atoms with Crippen molar-refractivity contribution < 1.29 is 9.90 Å². The van der Waals surface area contributed by atoms with Crippen molar-refractivity contribution in [1.82, 2.24) is 0 Å². The van der Waals surface area contributed by atoms with Gasteiger partial charge < -0.3 is 5.11 Å². The Morgan fingerprint density at radius 2 is 2.50 bits per heavy atom. The highest BCUT2D eigenvalue weighted by Crippen LogP contribution is 1.99. The normalized spacial score (nSPS) is 23.8. The van der Waals surface area contributed by atoms with E-state index in [9.17, 15) is 4.79 Å². The van der Waals surface area contributed by atoms with E-state index in [0.717, 1.165) is 6.08 Å². The summed E-state index contributed by atoms with van der Waals surface area (Å²) in [5.74, 6) is -0.494. The molecule has 50 valence electrons. The average Bonchev–Trinajstić information content (AvgIpc) is 1.95. The van der Waals surface area contributed by atoms with E-state index in [2.05, 4.69) is 4.99 Å². The number of aliphatic hydroxyl groups excluding tert-OH is 1. The van der Waals surface area contributed by atoms with Gasteiger partial charge in [0.25, 0.3) is 0 Å². The van der Waals surface area contributed by atoms with Crippen molar-refractivity contribution >= 4 is 11.5 Å². The first kappa shape index (κ1) is 6.65. The Balaban J connectivity index is 2.95. The van der Waals surface area contributed by atoms with Crippen LogP contribution >= 0.6 is 0 Å². The molecule has 0 aromatic heterocycles. The third-order valence-electron chi connectivity index (χ3n) is 1.10. The van der Waals surface area contributed by atoms with E-state index in [1.165, 1.54) is 6.20 Å². The molecule has 1 N–H and O–H groups in total. The van der Waals surface area contributed by atoms with Crippen molar-refractivity contribution in [3.8, 4) is 6.07 Å². The van der Waals surface area contributed by atoms with Crippen LogP contribution in [0.2, 0.25) is 0 Å². The second-order valence-electron chi connectivity index (χ2n) is 1.75. The summed E-state index contributed by atoms with van der Waals surface area (Å²) >= 11 is 0. The van der Waals surface area contributed by atoms with Gasteiger partial charge in [0.05, 0.1) is 0 Å². The van der Waals surface area contributed by atoms with Gasteiger partial charge in [-0.1, -0.05) is 0 Å². The quantitative estimate of drug-likeness (QED) is 0.483. The Labute approximate surface area is 57.1 Å². The molecule has 0 amide bonds. The molecule has 1 aliphatic heterocycles. The van der Waals surface area contributed by atoms with Crippen LogP contribution in [0.5, 0.6) is 0 Å². The first-order valence-electron chi connectivity index (χ1n) is 2.62. The first-order chi connectivity index (χ1) is 4.75. The lowest BCUT2D eigenvalue weighted by atomic mass is 10.1. The molecule has 0 bridgehead atoms. The minimum atomic E-state index is -1.35. The molecule has 0 saturated carbocycles. The van der Waals surface area contributed by atoms with Crippen molar-refractivity contribution in [3.63, 3.8) is 0 Å². The van der Waals surface area contributed by atoms with E-state index in [-0.39, 0.29) is 5.71 Å². The maximum absolute atomic E-state index is 10.6. The number of aliphatic imine (C=N–C) groups is 1. The van der Waals surface area contributed by atoms with Gasteiger partial charge in [0.2, 0.25) is 0 Å². The summed E-state index contributed by atoms with van der Waals surface area (Å²) in [6.07, 6.45) is 0.981. The van der Waals surface area contributed by atoms with E-state index < -0.39 is 11.9 Å². The number of carbonyl (C=O) groups excluding carboxylic acids is 1. The van der Waals surface area contributed by atoms with E-state index in [1.54, 1.807) is 6.07 Å². The van der Waals surface area contributed by atoms with E-state index >= 15 is 0 Å². The fourth-order valence-electron chi connectivity index (χ4n) is 0.578. The van der Waals surface area contributed by atoms with Crippen LogP contribution in [0, 0.1) is 11.3 Å². The molecule has 1 rings (SSSR count). The molecule has 0 radical (unpaired) electrons. The molecule has 1 aliphatic rings. The van der Waals surface area contributed by atoms with Crippen molar-refractivity contribution in [2.45, 2.75) is 6.10 Å². The molecule has 10 heavy (non-hydrogen) atoms. The van der Waals surface area contributed by atoms with E-state index in [0.29, 0.717) is 0 Å². The Bertz CT molecular complexity index is 259. The van der Waals surface area contributed by atoms with Gasteiger partial charge in [-0.3, -0.25) is 4.79 Å². The number of ketones is 1. The van der Waals surface area contributed by atoms with Crippen LogP contribution < -0.4 is 0 Å². The fourth-order valence-corrected chi connectivity index (χ4v) is 0.578. The molecule has 1 unspecified atom stereocenters. The zero-order valence-electron chi connectivity index (χ0n) is 4.98. The number of rotatable bonds is 0. The molecule has 4 heteroatoms. The van der Waals surface area contributed by atoms with Gasteiger partial charge in [0.1, 0.15) is 6.07 Å². The Morgan fingerprint density at radius 3 is 3.00 bits per heavy atom. The Hall–Kier alpha value is -1.47. The summed E-state index contributed by atoms with van der Waals surface area (Å²) in [7, 11) is 0. The molecule has 0 aromatic carbocycles. The number of nitrogens with zero attached hydrogens (tertiary/aromatic N) is 2. The van der Waals surface area contributed by atoms with Gasteiger partial charge >= 0.3 is 0 Å². The van der Waals surface area contributed by atoms with Crippen LogP contribution in [0.15, 0.2) is 17.3 Å². The van der Waals surface area contributed by atoms with Crippen LogP contribution in [0.3, 0.4) is 0 Å². The average molecular weight is 136 g/mol. The molecule has 1 heterocycles. The van der Waals surface area contributed by atoms with Crippen molar-refractivity contribution in [1.29, 1.82) is 5.26 Å². The smallest absolute Gasteiger partial charge is 0.192 e. The van der Waals surface area contributed by atoms with Crippen LogP contribution in [0.4, 0.5) is 0 Å². The molecular weight excluding hydrogens is 132 g/mol. The fraction of sp³-hybridized carbons (Fsp3) is 0.167. The molecule has 0 aliphatic carbocycles. The van der Waals surface area contributed by atoms with Crippen LogP contribution in [-0.4, -0.2) is 22.7 Å². The van der Waals surface area contributed by atoms with Crippen LogP contribution in [-0.2, 0) is 4.79 Å². The maximum atomic E-state index is 10.6. The summed E-state index contributed by atoms with van der Waals surface area (Å²) in [4.78, 5) is 14.1. The molecule has 0 saturated heterocycles. The summed E-state index contributed by atoms with van der Waals surface area (Å²) in [5, 5.41) is 17.1. The van der Waals surface area contributed by atoms with Gasteiger partial charge in [-0.25, -0.2) is 4.99 Å². The minimum absolute atomic E-state index is 0.146. The molecule has 4 nitrogen and oxygen atoms in total. The van der Waals surface area contributed by atoms with Gasteiger partial charge in [-0.2, -0.15) is 5.26 Å². The summed E-state index contributed by atoms with van der Waals surface area (Å²) < 4.78 is 0. The Morgan fingerprint density at radius 1 is 1.80 bits per heavy atom. The maximum Gasteiger partial charge on any atom is 0.192 e. The van der Waals surface area contributed by atoms with Crippen molar-refractivity contribution in [3.05, 3.63) is 12.3 Å². The zero-order chi connectivity index (χ0) is 7.56. The minimum Gasteiger partial charge on any atom is -0.378 e. The Kier molecular flexibility index (Phi) is 1.61. The van der Waals surface area contributed by atoms with E-state index in [1.807, 2.05) is 0 Å². The molecule has 0 fully saturated rings. The summed E-state index contributed by atoms with van der Waals surface area (Å²) in [5.41, 5.74) is -0.146. The second-order valence-corrected chi connectivity index (χ2v) is 1.75. The summed E-state index contributed by atoms with van der Waals surface area (Å²) in [6.45, 7) is 0. The third-order valence-corrected chi connectivity index (χ3v) is 1.10. The second kappa shape index (κ2) is 2.42. The van der Waals surface area contributed by atoms with Gasteiger partial charge in [0.15, 0.2) is 17.6 Å². The topological polar surface area (TPSA) is 73.5 Å². The third kappa shape index (κ3) is 0.946. The zero-order valence-corrected chi connectivity index (χ0v) is 4.98. The molecule has 0 aromatic rings. The number of hydrogen-bond acceptors (Lipinski definition) is 4. The van der Waals surface area contributed by atoms with Gasteiger partial charge in [-0.05, 0) is 0 Å². The lowest BCUT2D eigenvalue weighted by Crippen LogP contribution is -2.29. The lowest BCUT2D eigenvalue weighted by molar-refractivity contribution is -0.119. The molecule has 1 atom stereocenters. The standard InChI is InChI=1S/C6H4N2O2/c7-3-4-6(10)5(9)1-2-8-4/h1-2,6,10H. The van der Waals surface area contributed by atoms with Crippen molar-refractivity contribution in [2.24, 2.45) is 4.99 Å². The molecular formula is C6H4N2O2. The van der Waals surface area contributed by atoms with E-state index in [4.69, 9.17) is 10.4 Å². The SMILES string of the molecule is N#CC1=NC=CC(=O)C1O. The van der Waals surface area contributed by atoms with Crippen LogP contribution in [0.25, 0.3) is 0 Å². The van der Waals surface area contributed by atoms with Crippen LogP contribution in [0.1, 0.15) is 0 Å². The monoisotopic (exact) mass is 136 g/mol. The number of nitriles is 1. The highest BCUT2D eigenvalue weighted by Gasteiger charge is 2.20. The number of carbonyl (C=O) groups is 1. The lowest BCUT2D eigenvalue weighted by Gasteiger charge is -2.05. The number of hydrogen-bond donors (Lipinski definition) is 1. The predicted octanol–water partition coefficient (Wildman–Crippen LogP) is -0.592. The summed E-state index contributed by atoms with van der Waals surface area (Å²) in [6, 6.07) is 1.61. The highest BCUT2D eigenvalue weighted by molar-refractivity contribution is 6.19. The van der Waals surface area contributed by atoms with Crippen molar-refractivity contribution in [2.75, 3.05) is 0 Å². The number of aliphatic hydroxyl groups is 1.